The normalized spacial score (nSPS) is 13.1. The number of carbonyl (C=O) groups excluding carboxylic acids is 1. The van der Waals surface area contributed by atoms with Crippen LogP contribution in [0.1, 0.15) is 18.6 Å². The average molecular weight is 244 g/mol. The molecule has 0 fully saturated rings. The number of primary amides is 1. The highest BCUT2D eigenvalue weighted by Gasteiger charge is 2.16. The van der Waals surface area contributed by atoms with Gasteiger partial charge in [-0.15, -0.1) is 0 Å². The van der Waals surface area contributed by atoms with Gasteiger partial charge < -0.3 is 10.8 Å². The summed E-state index contributed by atoms with van der Waals surface area (Å²) in [6.45, 7) is 1.51. The molecule has 4 N–H and O–H groups in total. The third kappa shape index (κ3) is 2.94. The molecule has 0 aliphatic rings. The molecule has 7 heteroatoms. The lowest BCUT2D eigenvalue weighted by Crippen LogP contribution is -2.34. The van der Waals surface area contributed by atoms with Gasteiger partial charge in [-0.05, 0) is 24.6 Å². The Morgan fingerprint density at radius 1 is 1.50 bits per heavy atom. The van der Waals surface area contributed by atoms with Crippen LogP contribution in [-0.2, 0) is 10.0 Å². The molecule has 1 rings (SSSR count). The van der Waals surface area contributed by atoms with Gasteiger partial charge in [0.1, 0.15) is 0 Å². The van der Waals surface area contributed by atoms with Crippen LogP contribution in [0.4, 0.5) is 4.79 Å². The quantitative estimate of drug-likeness (QED) is 0.700. The number of carbonyl (C=O) groups is 1. The maximum atomic E-state index is 11.5. The van der Waals surface area contributed by atoms with E-state index < -0.39 is 22.2 Å². The third-order valence-corrected chi connectivity index (χ3v) is 3.23. The zero-order valence-corrected chi connectivity index (χ0v) is 9.36. The number of rotatable bonds is 3. The van der Waals surface area contributed by atoms with Crippen molar-refractivity contribution in [2.24, 2.45) is 5.73 Å². The molecular weight excluding hydrogens is 232 g/mol. The van der Waals surface area contributed by atoms with E-state index in [4.69, 9.17) is 5.73 Å². The zero-order valence-electron chi connectivity index (χ0n) is 8.54. The lowest BCUT2D eigenvalue weighted by molar-refractivity contribution is 0.199. The lowest BCUT2D eigenvalue weighted by atomic mass is 10.1. The molecule has 16 heavy (non-hydrogen) atoms. The molecule has 1 atom stereocenters. The summed E-state index contributed by atoms with van der Waals surface area (Å²) in [5, 5.41) is 9.29. The van der Waals surface area contributed by atoms with Crippen LogP contribution in [-0.4, -0.2) is 19.6 Å². The molecule has 0 saturated carbocycles. The Labute approximate surface area is 93.1 Å². The van der Waals surface area contributed by atoms with E-state index in [0.717, 1.165) is 0 Å². The van der Waals surface area contributed by atoms with E-state index in [1.807, 2.05) is 0 Å². The topological polar surface area (TPSA) is 109 Å². The van der Waals surface area contributed by atoms with Crippen LogP contribution in [0.3, 0.4) is 0 Å². The minimum absolute atomic E-state index is 0.121. The first-order valence-corrected chi connectivity index (χ1v) is 5.91. The van der Waals surface area contributed by atoms with E-state index in [1.54, 1.807) is 10.8 Å². The van der Waals surface area contributed by atoms with Crippen LogP contribution in [0, 0.1) is 0 Å². The minimum atomic E-state index is -3.95. The molecule has 0 aliphatic carbocycles. The molecule has 88 valence electrons. The van der Waals surface area contributed by atoms with Crippen molar-refractivity contribution in [3.63, 3.8) is 0 Å². The molecule has 0 bridgehead atoms. The summed E-state index contributed by atoms with van der Waals surface area (Å²) in [6.07, 6.45) is -0.788. The molecule has 6 nitrogen and oxygen atoms in total. The summed E-state index contributed by atoms with van der Waals surface area (Å²) in [7, 11) is -3.95. The number of hydrogen-bond donors (Lipinski definition) is 3. The summed E-state index contributed by atoms with van der Waals surface area (Å²) in [4.78, 5) is 10.4. The number of benzene rings is 1. The Hall–Kier alpha value is -1.60. The number of aliphatic hydroxyl groups excluding tert-OH is 1. The van der Waals surface area contributed by atoms with Gasteiger partial charge in [0.15, 0.2) is 0 Å². The number of aliphatic hydroxyl groups is 1. The van der Waals surface area contributed by atoms with Gasteiger partial charge in [0.25, 0.3) is 10.0 Å². The molecule has 0 radical (unpaired) electrons. The first-order valence-electron chi connectivity index (χ1n) is 4.43. The van der Waals surface area contributed by atoms with Gasteiger partial charge in [0.2, 0.25) is 0 Å². The number of urea groups is 1. The number of nitrogens with one attached hydrogen (secondary N) is 1. The van der Waals surface area contributed by atoms with Crippen LogP contribution in [0.5, 0.6) is 0 Å². The maximum absolute atomic E-state index is 11.5. The zero-order chi connectivity index (χ0) is 12.3. The fraction of sp³-hybridized carbons (Fsp3) is 0.222. The largest absolute Gasteiger partial charge is 0.389 e. The van der Waals surface area contributed by atoms with Crippen LogP contribution >= 0.6 is 0 Å². The fourth-order valence-electron chi connectivity index (χ4n) is 1.13. The molecule has 0 aromatic heterocycles. The van der Waals surface area contributed by atoms with E-state index in [-0.39, 0.29) is 4.90 Å². The van der Waals surface area contributed by atoms with Crippen molar-refractivity contribution < 1.29 is 18.3 Å². The smallest absolute Gasteiger partial charge is 0.326 e. The van der Waals surface area contributed by atoms with Gasteiger partial charge in [-0.1, -0.05) is 12.1 Å². The Kier molecular flexibility index (Phi) is 3.51. The number of sulfonamides is 1. The monoisotopic (exact) mass is 244 g/mol. The number of amides is 2. The first kappa shape index (κ1) is 12.5. The Bertz CT molecular complexity index is 496. The van der Waals surface area contributed by atoms with Crippen LogP contribution in [0.25, 0.3) is 0 Å². The second-order valence-electron chi connectivity index (χ2n) is 3.22. The molecule has 0 spiro atoms. The Balaban J connectivity index is 3.14. The van der Waals surface area contributed by atoms with Gasteiger partial charge in [-0.25, -0.2) is 17.9 Å². The summed E-state index contributed by atoms with van der Waals surface area (Å²) in [5.74, 6) is 0. The molecular formula is C9H12N2O4S. The van der Waals surface area contributed by atoms with Gasteiger partial charge in [0.05, 0.1) is 11.0 Å². The standard InChI is InChI=1S/C9H12N2O4S/c1-6(12)7-3-2-4-8(5-7)16(14,15)11-9(10)13/h2-6,12H,1H3,(H3,10,11,13). The molecule has 0 aliphatic heterocycles. The summed E-state index contributed by atoms with van der Waals surface area (Å²) >= 11 is 0. The second-order valence-corrected chi connectivity index (χ2v) is 4.90. The molecule has 1 unspecified atom stereocenters. The van der Waals surface area contributed by atoms with Crippen molar-refractivity contribution in [1.82, 2.24) is 4.72 Å². The van der Waals surface area contributed by atoms with Crippen LogP contribution in [0.15, 0.2) is 29.2 Å². The molecule has 0 heterocycles. The second kappa shape index (κ2) is 4.50. The van der Waals surface area contributed by atoms with Gasteiger partial charge >= 0.3 is 6.03 Å². The highest BCUT2D eigenvalue weighted by molar-refractivity contribution is 7.90. The Morgan fingerprint density at radius 3 is 2.62 bits per heavy atom. The maximum Gasteiger partial charge on any atom is 0.326 e. The Morgan fingerprint density at radius 2 is 2.12 bits per heavy atom. The van der Waals surface area contributed by atoms with Crippen molar-refractivity contribution >= 4 is 16.1 Å². The van der Waals surface area contributed by atoms with E-state index in [1.165, 1.54) is 25.1 Å². The first-order chi connectivity index (χ1) is 7.33. The van der Waals surface area contributed by atoms with E-state index >= 15 is 0 Å². The molecule has 1 aromatic rings. The van der Waals surface area contributed by atoms with Crippen LogP contribution < -0.4 is 10.5 Å². The third-order valence-electron chi connectivity index (χ3n) is 1.89. The van der Waals surface area contributed by atoms with Gasteiger partial charge in [-0.3, -0.25) is 0 Å². The van der Waals surface area contributed by atoms with Crippen molar-refractivity contribution in [2.75, 3.05) is 0 Å². The summed E-state index contributed by atoms with van der Waals surface area (Å²) in [5.41, 5.74) is 5.17. The lowest BCUT2D eigenvalue weighted by Gasteiger charge is -2.08. The number of hydrogen-bond acceptors (Lipinski definition) is 4. The summed E-state index contributed by atoms with van der Waals surface area (Å²) < 4.78 is 24.7. The molecule has 2 amide bonds. The predicted molar refractivity (Wildman–Crippen MR) is 57.0 cm³/mol. The predicted octanol–water partition coefficient (Wildman–Crippen LogP) is 0.0969. The van der Waals surface area contributed by atoms with E-state index in [0.29, 0.717) is 5.56 Å². The van der Waals surface area contributed by atoms with E-state index in [9.17, 15) is 18.3 Å². The molecule has 0 saturated heterocycles. The van der Waals surface area contributed by atoms with Crippen LogP contribution in [0.2, 0.25) is 0 Å². The van der Waals surface area contributed by atoms with Crippen molar-refractivity contribution in [3.05, 3.63) is 29.8 Å². The highest BCUT2D eigenvalue weighted by Crippen LogP contribution is 2.16. The van der Waals surface area contributed by atoms with E-state index in [2.05, 4.69) is 0 Å². The highest BCUT2D eigenvalue weighted by atomic mass is 32.2. The number of nitrogens with two attached hydrogens (primary N) is 1. The van der Waals surface area contributed by atoms with Crippen molar-refractivity contribution in [1.29, 1.82) is 0 Å². The summed E-state index contributed by atoms with van der Waals surface area (Å²) in [6, 6.07) is 4.47. The van der Waals surface area contributed by atoms with Gasteiger partial charge in [-0.2, -0.15) is 0 Å². The fourth-order valence-corrected chi connectivity index (χ4v) is 2.06. The van der Waals surface area contributed by atoms with Crippen molar-refractivity contribution in [3.8, 4) is 0 Å². The van der Waals surface area contributed by atoms with Crippen molar-refractivity contribution in [2.45, 2.75) is 17.9 Å². The SMILES string of the molecule is CC(O)c1cccc(S(=O)(=O)NC(N)=O)c1. The average Bonchev–Trinajstić information content (AvgIpc) is 2.16. The molecule has 1 aromatic carbocycles. The minimum Gasteiger partial charge on any atom is -0.389 e. The van der Waals surface area contributed by atoms with Gasteiger partial charge in [0, 0.05) is 0 Å².